The first-order valence-electron chi connectivity index (χ1n) is 8.73. The van der Waals surface area contributed by atoms with E-state index in [0.717, 1.165) is 6.29 Å². The number of aromatic nitrogens is 3. The van der Waals surface area contributed by atoms with Gasteiger partial charge in [-0.25, -0.2) is 18.3 Å². The first kappa shape index (κ1) is 19.2. The molecule has 1 aromatic carbocycles. The van der Waals surface area contributed by atoms with Crippen molar-refractivity contribution in [3.8, 4) is 0 Å². The Bertz CT molecular complexity index is 904. The SMILES string of the molecule is CN(CCn1nnc2c(F)c3c(c(F)c21)CC(C=O)C3)C(=O)OC(C)(C)C. The number of amides is 1. The summed E-state index contributed by atoms with van der Waals surface area (Å²) in [5, 5.41) is 7.61. The second-order valence-corrected chi connectivity index (χ2v) is 7.80. The molecule has 0 fully saturated rings. The zero-order valence-corrected chi connectivity index (χ0v) is 15.8. The second kappa shape index (κ2) is 6.86. The van der Waals surface area contributed by atoms with Gasteiger partial charge in [0.1, 0.15) is 17.4 Å². The number of aldehydes is 1. The quantitative estimate of drug-likeness (QED) is 0.762. The van der Waals surface area contributed by atoms with Gasteiger partial charge in [0, 0.05) is 19.5 Å². The fourth-order valence-electron chi connectivity index (χ4n) is 3.18. The molecule has 27 heavy (non-hydrogen) atoms. The predicted molar refractivity (Wildman–Crippen MR) is 93.3 cm³/mol. The Balaban J connectivity index is 1.84. The van der Waals surface area contributed by atoms with Crippen molar-refractivity contribution in [3.63, 3.8) is 0 Å². The van der Waals surface area contributed by atoms with Crippen LogP contribution in [0, 0.1) is 17.6 Å². The summed E-state index contributed by atoms with van der Waals surface area (Å²) in [6, 6.07) is 0. The van der Waals surface area contributed by atoms with Gasteiger partial charge >= 0.3 is 6.09 Å². The summed E-state index contributed by atoms with van der Waals surface area (Å²) >= 11 is 0. The number of benzene rings is 1. The molecule has 2 aromatic rings. The third-order valence-corrected chi connectivity index (χ3v) is 4.52. The van der Waals surface area contributed by atoms with Crippen molar-refractivity contribution in [1.29, 1.82) is 0 Å². The Morgan fingerprint density at radius 3 is 2.52 bits per heavy atom. The van der Waals surface area contributed by atoms with Crippen LogP contribution in [0.15, 0.2) is 0 Å². The van der Waals surface area contributed by atoms with Gasteiger partial charge in [-0.3, -0.25) is 0 Å². The van der Waals surface area contributed by atoms with Crippen LogP contribution in [-0.2, 0) is 28.9 Å². The monoisotopic (exact) mass is 380 g/mol. The molecule has 0 saturated carbocycles. The Morgan fingerprint density at radius 1 is 1.30 bits per heavy atom. The lowest BCUT2D eigenvalue weighted by molar-refractivity contribution is -0.110. The molecule has 7 nitrogen and oxygen atoms in total. The van der Waals surface area contributed by atoms with Crippen LogP contribution in [0.25, 0.3) is 11.0 Å². The van der Waals surface area contributed by atoms with Gasteiger partial charge in [-0.1, -0.05) is 5.21 Å². The minimum absolute atomic E-state index is 0.0459. The smallest absolute Gasteiger partial charge is 0.410 e. The molecule has 0 bridgehead atoms. The maximum atomic E-state index is 15.0. The molecule has 0 N–H and O–H groups in total. The number of halogens is 2. The van der Waals surface area contributed by atoms with Gasteiger partial charge in [0.15, 0.2) is 17.2 Å². The van der Waals surface area contributed by atoms with Crippen LogP contribution < -0.4 is 0 Å². The van der Waals surface area contributed by atoms with Crippen LogP contribution in [0.2, 0.25) is 0 Å². The third-order valence-electron chi connectivity index (χ3n) is 4.52. The van der Waals surface area contributed by atoms with Gasteiger partial charge in [-0.2, -0.15) is 0 Å². The Morgan fingerprint density at radius 2 is 1.93 bits per heavy atom. The van der Waals surface area contributed by atoms with E-state index in [9.17, 15) is 18.4 Å². The number of likely N-dealkylation sites (N-methyl/N-ethyl adjacent to an activating group) is 1. The lowest BCUT2D eigenvalue weighted by Gasteiger charge is -2.24. The fraction of sp³-hybridized carbons (Fsp3) is 0.556. The molecule has 0 spiro atoms. The van der Waals surface area contributed by atoms with Gasteiger partial charge in [-0.15, -0.1) is 5.10 Å². The summed E-state index contributed by atoms with van der Waals surface area (Å²) in [6.07, 6.45) is 0.541. The van der Waals surface area contributed by atoms with Crippen molar-refractivity contribution in [2.45, 2.75) is 45.8 Å². The van der Waals surface area contributed by atoms with Crippen molar-refractivity contribution < 1.29 is 23.1 Å². The van der Waals surface area contributed by atoms with E-state index in [0.29, 0.717) is 0 Å². The minimum atomic E-state index is -0.629. The zero-order valence-electron chi connectivity index (χ0n) is 15.8. The summed E-state index contributed by atoms with van der Waals surface area (Å²) in [5.41, 5.74) is -0.416. The first-order valence-corrected chi connectivity index (χ1v) is 8.73. The van der Waals surface area contributed by atoms with Crippen molar-refractivity contribution in [3.05, 3.63) is 22.8 Å². The van der Waals surface area contributed by atoms with Crippen molar-refractivity contribution in [1.82, 2.24) is 19.9 Å². The number of hydrogen-bond acceptors (Lipinski definition) is 5. The third kappa shape index (κ3) is 3.63. The molecular weight excluding hydrogens is 358 g/mol. The molecule has 9 heteroatoms. The highest BCUT2D eigenvalue weighted by molar-refractivity contribution is 5.79. The van der Waals surface area contributed by atoms with Crippen molar-refractivity contribution in [2.24, 2.45) is 5.92 Å². The highest BCUT2D eigenvalue weighted by atomic mass is 19.1. The Kier molecular flexibility index (Phi) is 4.88. The number of hydrogen-bond donors (Lipinski definition) is 0. The molecule has 1 amide bonds. The molecule has 0 saturated heterocycles. The summed E-state index contributed by atoms with van der Waals surface area (Å²) < 4.78 is 36.2. The second-order valence-electron chi connectivity index (χ2n) is 7.80. The summed E-state index contributed by atoms with van der Waals surface area (Å²) in [7, 11) is 1.55. The summed E-state index contributed by atoms with van der Waals surface area (Å²) in [6.45, 7) is 5.58. The molecule has 1 aliphatic rings. The van der Waals surface area contributed by atoms with Crippen molar-refractivity contribution >= 4 is 23.4 Å². The van der Waals surface area contributed by atoms with E-state index in [1.165, 1.54) is 9.58 Å². The molecule has 1 atom stereocenters. The van der Waals surface area contributed by atoms with E-state index < -0.39 is 29.2 Å². The highest BCUT2D eigenvalue weighted by Crippen LogP contribution is 2.35. The van der Waals surface area contributed by atoms with E-state index in [1.807, 2.05) is 0 Å². The number of fused-ring (bicyclic) bond motifs is 2. The van der Waals surface area contributed by atoms with Gasteiger partial charge < -0.3 is 14.4 Å². The highest BCUT2D eigenvalue weighted by Gasteiger charge is 2.32. The molecule has 0 aliphatic heterocycles. The zero-order chi connectivity index (χ0) is 19.9. The average molecular weight is 380 g/mol. The maximum Gasteiger partial charge on any atom is 0.410 e. The molecule has 1 aliphatic carbocycles. The molecular formula is C18H22F2N4O3. The molecule has 1 aromatic heterocycles. The molecule has 1 unspecified atom stereocenters. The summed E-state index contributed by atoms with van der Waals surface area (Å²) in [5.74, 6) is -1.65. The van der Waals surface area contributed by atoms with Gasteiger partial charge in [0.05, 0.1) is 6.54 Å². The normalized spacial score (nSPS) is 16.4. The van der Waals surface area contributed by atoms with E-state index in [4.69, 9.17) is 4.74 Å². The maximum absolute atomic E-state index is 15.0. The number of nitrogens with zero attached hydrogens (tertiary/aromatic N) is 4. The van der Waals surface area contributed by atoms with Crippen LogP contribution >= 0.6 is 0 Å². The number of carbonyl (C=O) groups excluding carboxylic acids is 2. The van der Waals surface area contributed by atoms with Crippen LogP contribution in [0.4, 0.5) is 13.6 Å². The van der Waals surface area contributed by atoms with Crippen molar-refractivity contribution in [2.75, 3.05) is 13.6 Å². The standard InChI is InChI=1S/C18H22F2N4O3/c1-18(2,3)27-17(26)23(4)5-6-24-16-14(20)12-8-10(9-25)7-11(12)13(19)15(16)21-22-24/h9-10H,5-8H2,1-4H3. The van der Waals surface area contributed by atoms with E-state index in [2.05, 4.69) is 10.3 Å². The number of rotatable bonds is 4. The minimum Gasteiger partial charge on any atom is -0.444 e. The predicted octanol–water partition coefficient (Wildman–Crippen LogP) is 2.49. The first-order chi connectivity index (χ1) is 12.6. The molecule has 3 rings (SSSR count). The Labute approximate surface area is 155 Å². The number of ether oxygens (including phenoxy) is 1. The van der Waals surface area contributed by atoms with Crippen LogP contribution in [0.1, 0.15) is 31.9 Å². The average Bonchev–Trinajstić information content (AvgIpc) is 3.20. The van der Waals surface area contributed by atoms with Crippen LogP contribution in [0.3, 0.4) is 0 Å². The van der Waals surface area contributed by atoms with E-state index >= 15 is 0 Å². The largest absolute Gasteiger partial charge is 0.444 e. The number of carbonyl (C=O) groups is 2. The Hall–Kier alpha value is -2.58. The lowest BCUT2D eigenvalue weighted by Crippen LogP contribution is -2.36. The molecule has 1 heterocycles. The van der Waals surface area contributed by atoms with E-state index in [1.54, 1.807) is 27.8 Å². The van der Waals surface area contributed by atoms with Crippen LogP contribution in [-0.4, -0.2) is 51.5 Å². The van der Waals surface area contributed by atoms with E-state index in [-0.39, 0.29) is 48.1 Å². The molecule has 146 valence electrons. The van der Waals surface area contributed by atoms with Gasteiger partial charge in [-0.05, 0) is 44.7 Å². The lowest BCUT2D eigenvalue weighted by atomic mass is 10.1. The fourth-order valence-corrected chi connectivity index (χ4v) is 3.18. The van der Waals surface area contributed by atoms with Crippen LogP contribution in [0.5, 0.6) is 0 Å². The molecule has 0 radical (unpaired) electrons. The topological polar surface area (TPSA) is 77.3 Å². The van der Waals surface area contributed by atoms with Gasteiger partial charge in [0.25, 0.3) is 0 Å². The summed E-state index contributed by atoms with van der Waals surface area (Å²) in [4.78, 5) is 24.4. The van der Waals surface area contributed by atoms with Gasteiger partial charge in [0.2, 0.25) is 0 Å².